The highest BCUT2D eigenvalue weighted by Crippen LogP contribution is 2.42. The van der Waals surface area contributed by atoms with Crippen LogP contribution in [0, 0.1) is 6.92 Å². The Labute approximate surface area is 230 Å². The van der Waals surface area contributed by atoms with E-state index in [-0.39, 0.29) is 18.1 Å². The molecular formula is C25H24N4O6S3. The van der Waals surface area contributed by atoms with Crippen molar-refractivity contribution >= 4 is 52.6 Å². The number of aryl methyl sites for hydroxylation is 2. The third-order valence-electron chi connectivity index (χ3n) is 6.01. The summed E-state index contributed by atoms with van der Waals surface area (Å²) in [5.74, 6) is -0.160. The summed E-state index contributed by atoms with van der Waals surface area (Å²) in [4.78, 5) is 39.0. The highest BCUT2D eigenvalue weighted by molar-refractivity contribution is 8.01. The van der Waals surface area contributed by atoms with Gasteiger partial charge < -0.3 is 19.6 Å². The standard InChI is InChI=1S/C25H24N4O6S3/c1-3-14-4-6-16(7-5-14)34-10-17-8-9-18(35-17)21(30)26-19-22(31)29-20(24(32)33)15(11-36-23(19)29)12-37-25-28-27-13(2)38-25/h4-9,19,23H,3,10-12H2,1-2H3,(H,26,30)(H,32,33)/t19-,23+/m1/s1. The highest BCUT2D eigenvalue weighted by Gasteiger charge is 2.54. The first kappa shape index (κ1) is 26.3. The van der Waals surface area contributed by atoms with Crippen molar-refractivity contribution < 1.29 is 28.6 Å². The molecule has 38 heavy (non-hydrogen) atoms. The van der Waals surface area contributed by atoms with Crippen LogP contribution in [0.5, 0.6) is 5.75 Å². The molecule has 4 heterocycles. The van der Waals surface area contributed by atoms with Crippen LogP contribution >= 0.6 is 34.9 Å². The lowest BCUT2D eigenvalue weighted by molar-refractivity contribution is -0.148. The Kier molecular flexibility index (Phi) is 7.77. The first-order valence-corrected chi connectivity index (χ1v) is 14.6. The Bertz CT molecular complexity index is 1400. The van der Waals surface area contributed by atoms with E-state index < -0.39 is 29.2 Å². The molecule has 10 nitrogen and oxygen atoms in total. The van der Waals surface area contributed by atoms with Crippen LogP contribution in [0.1, 0.15) is 33.8 Å². The minimum Gasteiger partial charge on any atom is -0.486 e. The molecule has 1 fully saturated rings. The molecule has 0 radical (unpaired) electrons. The molecule has 0 saturated carbocycles. The Hall–Kier alpha value is -3.29. The molecule has 2 N–H and O–H groups in total. The van der Waals surface area contributed by atoms with Gasteiger partial charge in [-0.15, -0.1) is 22.0 Å². The molecule has 5 rings (SSSR count). The molecule has 198 valence electrons. The van der Waals surface area contributed by atoms with E-state index in [1.807, 2.05) is 31.2 Å². The third-order valence-corrected chi connectivity index (χ3v) is 9.41. The van der Waals surface area contributed by atoms with Crippen LogP contribution in [0.2, 0.25) is 0 Å². The molecule has 2 aromatic heterocycles. The minimum atomic E-state index is -1.17. The maximum Gasteiger partial charge on any atom is 0.352 e. The highest BCUT2D eigenvalue weighted by atomic mass is 32.2. The number of benzene rings is 1. The summed E-state index contributed by atoms with van der Waals surface area (Å²) >= 11 is 4.24. The maximum atomic E-state index is 12.9. The van der Waals surface area contributed by atoms with Gasteiger partial charge in [0.2, 0.25) is 0 Å². The molecule has 2 aliphatic heterocycles. The topological polar surface area (TPSA) is 135 Å². The molecule has 2 amide bonds. The average molecular weight is 573 g/mol. The molecule has 13 heteroatoms. The number of furan rings is 1. The van der Waals surface area contributed by atoms with Gasteiger partial charge in [0.1, 0.15) is 40.2 Å². The molecule has 2 aliphatic rings. The number of aliphatic carboxylic acids is 1. The van der Waals surface area contributed by atoms with Crippen molar-refractivity contribution in [3.8, 4) is 5.75 Å². The van der Waals surface area contributed by atoms with E-state index in [0.717, 1.165) is 15.8 Å². The van der Waals surface area contributed by atoms with Crippen molar-refractivity contribution in [1.29, 1.82) is 0 Å². The lowest BCUT2D eigenvalue weighted by Crippen LogP contribution is -2.70. The fraction of sp³-hybridized carbons (Fsp3) is 0.320. The van der Waals surface area contributed by atoms with E-state index >= 15 is 0 Å². The molecule has 0 unspecified atom stereocenters. The van der Waals surface area contributed by atoms with Gasteiger partial charge in [-0.2, -0.15) is 0 Å². The van der Waals surface area contributed by atoms with Crippen LogP contribution in [0.25, 0.3) is 0 Å². The van der Waals surface area contributed by atoms with Crippen molar-refractivity contribution in [2.45, 2.75) is 42.6 Å². The van der Waals surface area contributed by atoms with Gasteiger partial charge >= 0.3 is 5.97 Å². The van der Waals surface area contributed by atoms with Gasteiger partial charge in [-0.1, -0.05) is 42.2 Å². The summed E-state index contributed by atoms with van der Waals surface area (Å²) in [5.41, 5.74) is 1.82. The van der Waals surface area contributed by atoms with Gasteiger partial charge in [-0.05, 0) is 48.7 Å². The Morgan fingerprint density at radius 3 is 2.71 bits per heavy atom. The fourth-order valence-electron chi connectivity index (χ4n) is 4.05. The zero-order chi connectivity index (χ0) is 26.8. The normalized spacial score (nSPS) is 18.7. The number of carboxylic acid groups (broad SMARTS) is 1. The molecule has 0 aliphatic carbocycles. The number of amides is 2. The van der Waals surface area contributed by atoms with Crippen molar-refractivity contribution in [3.63, 3.8) is 0 Å². The maximum absolute atomic E-state index is 12.9. The number of ether oxygens (including phenoxy) is 1. The summed E-state index contributed by atoms with van der Waals surface area (Å²) < 4.78 is 12.1. The van der Waals surface area contributed by atoms with Crippen LogP contribution in [0.15, 0.2) is 56.4 Å². The molecule has 1 saturated heterocycles. The van der Waals surface area contributed by atoms with Crippen molar-refractivity contribution in [2.75, 3.05) is 11.5 Å². The monoisotopic (exact) mass is 572 g/mol. The summed E-state index contributed by atoms with van der Waals surface area (Å²) in [6, 6.07) is 10.1. The number of fused-ring (bicyclic) bond motifs is 1. The van der Waals surface area contributed by atoms with Crippen molar-refractivity contribution in [2.24, 2.45) is 0 Å². The third kappa shape index (κ3) is 5.45. The number of hydrogen-bond acceptors (Lipinski definition) is 10. The number of thioether (sulfide) groups is 2. The van der Waals surface area contributed by atoms with Crippen LogP contribution in [0.4, 0.5) is 0 Å². The van der Waals surface area contributed by atoms with Gasteiger partial charge in [0.05, 0.1) is 0 Å². The molecule has 1 aromatic carbocycles. The van der Waals surface area contributed by atoms with E-state index in [1.165, 1.54) is 51.4 Å². The van der Waals surface area contributed by atoms with Crippen LogP contribution in [-0.2, 0) is 22.6 Å². The predicted molar refractivity (Wildman–Crippen MR) is 143 cm³/mol. The van der Waals surface area contributed by atoms with Gasteiger partial charge in [0.25, 0.3) is 11.8 Å². The number of rotatable bonds is 10. The average Bonchev–Trinajstić information content (AvgIpc) is 3.57. The Morgan fingerprint density at radius 2 is 2.03 bits per heavy atom. The number of carbonyl (C=O) groups is 3. The number of carboxylic acids is 1. The van der Waals surface area contributed by atoms with E-state index in [0.29, 0.717) is 28.6 Å². The first-order valence-electron chi connectivity index (χ1n) is 11.8. The lowest BCUT2D eigenvalue weighted by atomic mass is 10.0. The van der Waals surface area contributed by atoms with E-state index in [2.05, 4.69) is 22.4 Å². The van der Waals surface area contributed by atoms with Gasteiger partial charge in [-0.3, -0.25) is 14.5 Å². The largest absolute Gasteiger partial charge is 0.486 e. The van der Waals surface area contributed by atoms with Gasteiger partial charge in [0, 0.05) is 11.5 Å². The molecule has 2 atom stereocenters. The van der Waals surface area contributed by atoms with Crippen molar-refractivity contribution in [1.82, 2.24) is 20.4 Å². The number of β-lactam (4-membered cyclic amide) rings is 1. The first-order chi connectivity index (χ1) is 18.3. The molecular weight excluding hydrogens is 548 g/mol. The summed E-state index contributed by atoms with van der Waals surface area (Å²) in [6.07, 6.45) is 0.941. The second kappa shape index (κ2) is 11.2. The minimum absolute atomic E-state index is 0.0256. The Balaban J connectivity index is 1.19. The lowest BCUT2D eigenvalue weighted by Gasteiger charge is -2.49. The molecule has 0 bridgehead atoms. The van der Waals surface area contributed by atoms with Crippen LogP contribution in [-0.4, -0.2) is 60.9 Å². The number of nitrogens with zero attached hydrogens (tertiary/aromatic N) is 3. The quantitative estimate of drug-likeness (QED) is 0.273. The van der Waals surface area contributed by atoms with Gasteiger partial charge in [-0.25, -0.2) is 4.79 Å². The van der Waals surface area contributed by atoms with E-state index in [9.17, 15) is 19.5 Å². The van der Waals surface area contributed by atoms with E-state index in [4.69, 9.17) is 9.15 Å². The number of carbonyl (C=O) groups excluding carboxylic acids is 2. The Morgan fingerprint density at radius 1 is 1.24 bits per heavy atom. The van der Waals surface area contributed by atoms with Gasteiger partial charge in [0.15, 0.2) is 10.1 Å². The van der Waals surface area contributed by atoms with Crippen LogP contribution < -0.4 is 10.1 Å². The van der Waals surface area contributed by atoms with E-state index in [1.54, 1.807) is 6.07 Å². The van der Waals surface area contributed by atoms with Crippen LogP contribution in [0.3, 0.4) is 0 Å². The number of aromatic nitrogens is 2. The summed E-state index contributed by atoms with van der Waals surface area (Å²) in [7, 11) is 0. The summed E-state index contributed by atoms with van der Waals surface area (Å²) in [6.45, 7) is 4.08. The molecule has 3 aromatic rings. The zero-order valence-corrected chi connectivity index (χ0v) is 23.0. The second-order valence-corrected chi connectivity index (χ2v) is 12.1. The smallest absolute Gasteiger partial charge is 0.352 e. The molecule has 0 spiro atoms. The predicted octanol–water partition coefficient (Wildman–Crippen LogP) is 3.73. The fourth-order valence-corrected chi connectivity index (χ4v) is 7.35. The van der Waals surface area contributed by atoms with Crippen molar-refractivity contribution in [3.05, 3.63) is 69.8 Å². The zero-order valence-electron chi connectivity index (χ0n) is 20.5. The number of nitrogens with one attached hydrogen (secondary N) is 1. The second-order valence-electron chi connectivity index (χ2n) is 8.55. The summed E-state index contributed by atoms with van der Waals surface area (Å²) in [5, 5.41) is 20.9. The number of hydrogen-bond donors (Lipinski definition) is 2. The SMILES string of the molecule is CCc1ccc(OCc2ccc(C(=O)N[C@@H]3C(=O)N4C(C(=O)O)=C(CSc5nnc(C)s5)CS[C@@H]34)o2)cc1.